The van der Waals surface area contributed by atoms with Crippen LogP contribution in [-0.2, 0) is 0 Å². The summed E-state index contributed by atoms with van der Waals surface area (Å²) in [5.74, 6) is 0.343. The van der Waals surface area contributed by atoms with Crippen LogP contribution in [0.4, 0.5) is 0 Å². The maximum absolute atomic E-state index is 4.66. The van der Waals surface area contributed by atoms with Crippen molar-refractivity contribution >= 4 is 17.6 Å². The number of hydrogen-bond acceptors (Lipinski definition) is 1. The molecule has 0 N–H and O–H groups in total. The van der Waals surface area contributed by atoms with Crippen molar-refractivity contribution < 1.29 is 0 Å². The predicted molar refractivity (Wildman–Crippen MR) is 45.7 cm³/mol. The summed E-state index contributed by atoms with van der Waals surface area (Å²) >= 11 is 4.66. The first-order chi connectivity index (χ1) is 4.35. The third-order valence-electron chi connectivity index (χ3n) is 1.07. The third-order valence-corrected chi connectivity index (χ3v) is 1.40. The lowest BCUT2D eigenvalue weighted by Gasteiger charge is -2.01. The maximum atomic E-state index is 4.66. The van der Waals surface area contributed by atoms with Crippen LogP contribution in [0, 0.1) is 5.92 Å². The molecule has 1 radical (unpaired) electrons. The predicted octanol–water partition coefficient (Wildman–Crippen LogP) is 2.63. The molecule has 0 rings (SSSR count). The van der Waals surface area contributed by atoms with Crippen LogP contribution in [0.15, 0.2) is 25.3 Å². The highest BCUT2D eigenvalue weighted by Gasteiger charge is 1.98. The Labute approximate surface area is 62.3 Å². The Morgan fingerprint density at radius 2 is 1.78 bits per heavy atom. The Morgan fingerprint density at radius 3 is 2.00 bits per heavy atom. The van der Waals surface area contributed by atoms with Crippen molar-refractivity contribution in [2.24, 2.45) is 5.92 Å². The van der Waals surface area contributed by atoms with Crippen LogP contribution in [0.2, 0.25) is 0 Å². The van der Waals surface area contributed by atoms with E-state index in [-0.39, 0.29) is 0 Å². The minimum absolute atomic E-state index is 0.343. The molecule has 0 fully saturated rings. The summed E-state index contributed by atoms with van der Waals surface area (Å²) in [4.78, 5) is 0. The van der Waals surface area contributed by atoms with Gasteiger partial charge in [-0.05, 0) is 12.8 Å². The van der Waals surface area contributed by atoms with Crippen LogP contribution >= 0.6 is 12.2 Å². The first kappa shape index (κ1) is 8.57. The van der Waals surface area contributed by atoms with Gasteiger partial charge in [0.2, 0.25) is 0 Å². The van der Waals surface area contributed by atoms with Gasteiger partial charge < -0.3 is 0 Å². The van der Waals surface area contributed by atoms with Crippen LogP contribution in [-0.4, -0.2) is 5.37 Å². The maximum Gasteiger partial charge on any atom is 0.0331 e. The van der Waals surface area contributed by atoms with E-state index in [9.17, 15) is 0 Å². The van der Waals surface area contributed by atoms with Gasteiger partial charge in [0, 0.05) is 11.3 Å². The highest BCUT2D eigenvalue weighted by Crippen LogP contribution is 2.06. The molecule has 1 heteroatoms. The van der Waals surface area contributed by atoms with Gasteiger partial charge in [-0.2, -0.15) is 0 Å². The molecule has 0 atom stereocenters. The van der Waals surface area contributed by atoms with Crippen molar-refractivity contribution in [3.05, 3.63) is 25.3 Å². The fourth-order valence-electron chi connectivity index (χ4n) is 0.595. The van der Waals surface area contributed by atoms with E-state index in [0.717, 1.165) is 12.8 Å². The highest BCUT2D eigenvalue weighted by molar-refractivity contribution is 7.79. The van der Waals surface area contributed by atoms with Crippen LogP contribution in [0.3, 0.4) is 0 Å². The standard InChI is InChI=1S/C8H11S/c1-3-5-8(7-9)6-4-2/h3-4,8H,1-2,5-6H2. The second kappa shape index (κ2) is 5.70. The fraction of sp³-hybridized carbons (Fsp3) is 0.375. The molecule has 0 aromatic heterocycles. The van der Waals surface area contributed by atoms with Crippen molar-refractivity contribution in [1.29, 1.82) is 0 Å². The molecular formula is C8H11S. The molecule has 49 valence electrons. The van der Waals surface area contributed by atoms with E-state index in [0.29, 0.717) is 5.92 Å². The molecular weight excluding hydrogens is 128 g/mol. The van der Waals surface area contributed by atoms with Gasteiger partial charge in [-0.15, -0.1) is 13.2 Å². The smallest absolute Gasteiger partial charge is 0.0331 e. The molecule has 0 saturated heterocycles. The van der Waals surface area contributed by atoms with E-state index in [1.54, 1.807) is 0 Å². The molecule has 0 saturated carbocycles. The lowest BCUT2D eigenvalue weighted by atomic mass is 10.0. The molecule has 0 aliphatic rings. The van der Waals surface area contributed by atoms with E-state index >= 15 is 0 Å². The van der Waals surface area contributed by atoms with Crippen LogP contribution in [0.25, 0.3) is 0 Å². The largest absolute Gasteiger partial charge is 0.103 e. The molecule has 0 aromatic rings. The SMILES string of the molecule is C=CCC([C]=S)CC=C. The van der Waals surface area contributed by atoms with E-state index in [2.05, 4.69) is 30.7 Å². The number of thiocarbonyl (C=S) groups is 1. The topological polar surface area (TPSA) is 0 Å². The molecule has 9 heavy (non-hydrogen) atoms. The summed E-state index contributed by atoms with van der Waals surface area (Å²) in [7, 11) is 0. The summed E-state index contributed by atoms with van der Waals surface area (Å²) in [5, 5.41) is 2.74. The van der Waals surface area contributed by atoms with Gasteiger partial charge in [0.05, 0.1) is 0 Å². The molecule has 0 nitrogen and oxygen atoms in total. The van der Waals surface area contributed by atoms with E-state index in [1.807, 2.05) is 12.2 Å². The molecule has 0 aromatic carbocycles. The zero-order chi connectivity index (χ0) is 7.11. The molecule has 0 bridgehead atoms. The summed E-state index contributed by atoms with van der Waals surface area (Å²) in [6, 6.07) is 0. The lowest BCUT2D eigenvalue weighted by molar-refractivity contribution is 0.742. The summed E-state index contributed by atoms with van der Waals surface area (Å²) in [6.45, 7) is 7.22. The van der Waals surface area contributed by atoms with E-state index in [1.165, 1.54) is 0 Å². The summed E-state index contributed by atoms with van der Waals surface area (Å²) in [5.41, 5.74) is 0. The van der Waals surface area contributed by atoms with Crippen molar-refractivity contribution in [3.8, 4) is 0 Å². The number of allylic oxidation sites excluding steroid dienone is 2. The molecule has 0 spiro atoms. The van der Waals surface area contributed by atoms with Crippen LogP contribution in [0.1, 0.15) is 12.8 Å². The average molecular weight is 139 g/mol. The van der Waals surface area contributed by atoms with Gasteiger partial charge in [0.25, 0.3) is 0 Å². The number of hydrogen-bond donors (Lipinski definition) is 0. The molecule has 0 unspecified atom stereocenters. The normalized spacial score (nSPS) is 9.00. The minimum Gasteiger partial charge on any atom is -0.103 e. The Kier molecular flexibility index (Phi) is 5.43. The van der Waals surface area contributed by atoms with Gasteiger partial charge in [0.1, 0.15) is 0 Å². The van der Waals surface area contributed by atoms with E-state index < -0.39 is 0 Å². The molecule has 0 heterocycles. The zero-order valence-electron chi connectivity index (χ0n) is 5.47. The number of rotatable bonds is 5. The van der Waals surface area contributed by atoms with Gasteiger partial charge in [-0.1, -0.05) is 24.4 Å². The lowest BCUT2D eigenvalue weighted by Crippen LogP contribution is -1.95. The Hall–Kier alpha value is -0.430. The van der Waals surface area contributed by atoms with Gasteiger partial charge in [0.15, 0.2) is 0 Å². The van der Waals surface area contributed by atoms with Crippen molar-refractivity contribution in [2.75, 3.05) is 0 Å². The van der Waals surface area contributed by atoms with Crippen molar-refractivity contribution in [2.45, 2.75) is 12.8 Å². The monoisotopic (exact) mass is 139 g/mol. The Bertz CT molecular complexity index is 95.1. The Balaban J connectivity index is 3.51. The molecule has 0 aliphatic carbocycles. The summed E-state index contributed by atoms with van der Waals surface area (Å²) in [6.07, 6.45) is 5.53. The second-order valence-electron chi connectivity index (χ2n) is 1.86. The highest BCUT2D eigenvalue weighted by atomic mass is 32.1. The first-order valence-corrected chi connectivity index (χ1v) is 3.35. The zero-order valence-corrected chi connectivity index (χ0v) is 6.29. The van der Waals surface area contributed by atoms with E-state index in [4.69, 9.17) is 0 Å². The van der Waals surface area contributed by atoms with Gasteiger partial charge in [-0.3, -0.25) is 0 Å². The quantitative estimate of drug-likeness (QED) is 0.417. The fourth-order valence-corrected chi connectivity index (χ4v) is 0.787. The Morgan fingerprint density at radius 1 is 1.33 bits per heavy atom. The third kappa shape index (κ3) is 4.10. The summed E-state index contributed by atoms with van der Waals surface area (Å²) < 4.78 is 0. The van der Waals surface area contributed by atoms with Gasteiger partial charge in [-0.25, -0.2) is 0 Å². The van der Waals surface area contributed by atoms with Crippen molar-refractivity contribution in [1.82, 2.24) is 0 Å². The molecule has 0 aliphatic heterocycles. The van der Waals surface area contributed by atoms with Crippen LogP contribution < -0.4 is 0 Å². The average Bonchev–Trinajstić information content (AvgIpc) is 1.88. The minimum atomic E-state index is 0.343. The first-order valence-electron chi connectivity index (χ1n) is 2.94. The van der Waals surface area contributed by atoms with Crippen LogP contribution in [0.5, 0.6) is 0 Å². The van der Waals surface area contributed by atoms with Gasteiger partial charge >= 0.3 is 0 Å². The second-order valence-corrected chi connectivity index (χ2v) is 2.10. The van der Waals surface area contributed by atoms with Crippen molar-refractivity contribution in [3.63, 3.8) is 0 Å². The molecule has 0 amide bonds.